The lowest BCUT2D eigenvalue weighted by atomic mass is 9.61. The summed E-state index contributed by atoms with van der Waals surface area (Å²) in [7, 11) is 0. The predicted molar refractivity (Wildman–Crippen MR) is 109 cm³/mol. The van der Waals surface area contributed by atoms with Crippen molar-refractivity contribution in [2.24, 2.45) is 11.3 Å². The van der Waals surface area contributed by atoms with Crippen LogP contribution in [0.25, 0.3) is 0 Å². The van der Waals surface area contributed by atoms with E-state index in [1.165, 1.54) is 0 Å². The zero-order chi connectivity index (χ0) is 19.6. The quantitative estimate of drug-likeness (QED) is 0.715. The molecule has 1 saturated carbocycles. The Morgan fingerprint density at radius 3 is 2.86 bits per heavy atom. The van der Waals surface area contributed by atoms with E-state index >= 15 is 0 Å². The monoisotopic (exact) mass is 407 g/mol. The Bertz CT molecular complexity index is 680. The number of piperidine rings is 1. The number of ether oxygens (including phenoxy) is 2. The van der Waals surface area contributed by atoms with E-state index in [1.807, 2.05) is 19.1 Å². The molecule has 154 valence electrons. The first-order valence-electron chi connectivity index (χ1n) is 10.5. The van der Waals surface area contributed by atoms with Crippen molar-refractivity contribution in [2.45, 2.75) is 38.6 Å². The van der Waals surface area contributed by atoms with Gasteiger partial charge in [-0.05, 0) is 50.7 Å². The molecule has 3 heterocycles. The van der Waals surface area contributed by atoms with Crippen LogP contribution in [0.15, 0.2) is 18.3 Å². The van der Waals surface area contributed by atoms with Gasteiger partial charge in [0.05, 0.1) is 30.3 Å². The number of carbonyl (C=O) groups is 1. The molecule has 1 aliphatic carbocycles. The van der Waals surface area contributed by atoms with E-state index < -0.39 is 5.41 Å². The maximum atomic E-state index is 13.1. The zero-order valence-corrected chi connectivity index (χ0v) is 17.4. The van der Waals surface area contributed by atoms with Crippen LogP contribution in [0.2, 0.25) is 5.02 Å². The highest BCUT2D eigenvalue weighted by Gasteiger charge is 2.53. The SMILES string of the molecule is CCOC(=O)[C@@]12CC[C@@H](N3CCOCC3)C[C@H]1CCN(c1ccc(Cl)cn1)C2. The van der Waals surface area contributed by atoms with Crippen molar-refractivity contribution in [3.05, 3.63) is 23.4 Å². The van der Waals surface area contributed by atoms with Crippen LogP contribution in [0.1, 0.15) is 32.6 Å². The van der Waals surface area contributed by atoms with Gasteiger partial charge in [0.1, 0.15) is 5.82 Å². The van der Waals surface area contributed by atoms with Gasteiger partial charge in [-0.1, -0.05) is 11.6 Å². The highest BCUT2D eigenvalue weighted by atomic mass is 35.5. The minimum absolute atomic E-state index is 0.0286. The maximum Gasteiger partial charge on any atom is 0.314 e. The third kappa shape index (κ3) is 3.87. The largest absolute Gasteiger partial charge is 0.466 e. The number of esters is 1. The number of fused-ring (bicyclic) bond motifs is 1. The predicted octanol–water partition coefficient (Wildman–Crippen LogP) is 3.00. The van der Waals surface area contributed by atoms with Gasteiger partial charge in [-0.3, -0.25) is 9.69 Å². The van der Waals surface area contributed by atoms with Crippen molar-refractivity contribution >= 4 is 23.4 Å². The fourth-order valence-corrected chi connectivity index (χ4v) is 5.38. The minimum Gasteiger partial charge on any atom is -0.466 e. The number of rotatable bonds is 4. The Labute approximate surface area is 172 Å². The second-order valence-corrected chi connectivity index (χ2v) is 8.63. The number of pyridine rings is 1. The number of carbonyl (C=O) groups excluding carboxylic acids is 1. The third-order valence-electron chi connectivity index (χ3n) is 6.76. The van der Waals surface area contributed by atoms with Gasteiger partial charge >= 0.3 is 5.97 Å². The summed E-state index contributed by atoms with van der Waals surface area (Å²) in [6.45, 7) is 7.57. The Kier molecular flexibility index (Phi) is 6.09. The minimum atomic E-state index is -0.432. The Balaban J connectivity index is 1.54. The van der Waals surface area contributed by atoms with Crippen LogP contribution in [0.5, 0.6) is 0 Å². The molecule has 2 aliphatic heterocycles. The Morgan fingerprint density at radius 2 is 2.14 bits per heavy atom. The molecule has 6 nitrogen and oxygen atoms in total. The second-order valence-electron chi connectivity index (χ2n) is 8.19. The summed E-state index contributed by atoms with van der Waals surface area (Å²) in [5, 5.41) is 0.629. The van der Waals surface area contributed by atoms with Crippen LogP contribution in [0.4, 0.5) is 5.82 Å². The topological polar surface area (TPSA) is 54.9 Å². The molecule has 1 aromatic heterocycles. The van der Waals surface area contributed by atoms with Crippen LogP contribution in [0, 0.1) is 11.3 Å². The summed E-state index contributed by atoms with van der Waals surface area (Å²) < 4.78 is 11.1. The van der Waals surface area contributed by atoms with E-state index in [-0.39, 0.29) is 5.97 Å². The molecule has 0 amide bonds. The molecule has 0 bridgehead atoms. The molecule has 0 spiro atoms. The summed E-state index contributed by atoms with van der Waals surface area (Å²) in [5.74, 6) is 1.22. The molecule has 3 atom stereocenters. The van der Waals surface area contributed by atoms with E-state index in [0.717, 1.165) is 64.3 Å². The average Bonchev–Trinajstić information content (AvgIpc) is 2.74. The lowest BCUT2D eigenvalue weighted by Gasteiger charge is -2.52. The summed E-state index contributed by atoms with van der Waals surface area (Å²) in [6, 6.07) is 4.36. The molecule has 7 heteroatoms. The first-order chi connectivity index (χ1) is 13.6. The molecule has 0 unspecified atom stereocenters. The highest BCUT2D eigenvalue weighted by Crippen LogP contribution is 2.49. The van der Waals surface area contributed by atoms with Gasteiger partial charge in [-0.15, -0.1) is 0 Å². The molecule has 0 radical (unpaired) electrons. The van der Waals surface area contributed by atoms with Crippen molar-refractivity contribution < 1.29 is 14.3 Å². The average molecular weight is 408 g/mol. The van der Waals surface area contributed by atoms with Crippen molar-refractivity contribution in [1.82, 2.24) is 9.88 Å². The van der Waals surface area contributed by atoms with Gasteiger partial charge in [0.25, 0.3) is 0 Å². The molecule has 0 N–H and O–H groups in total. The van der Waals surface area contributed by atoms with Gasteiger partial charge < -0.3 is 14.4 Å². The first kappa shape index (κ1) is 19.9. The van der Waals surface area contributed by atoms with Gasteiger partial charge in [0.2, 0.25) is 0 Å². The summed E-state index contributed by atoms with van der Waals surface area (Å²) >= 11 is 6.00. The number of hydrogen-bond donors (Lipinski definition) is 0. The molecule has 28 heavy (non-hydrogen) atoms. The number of halogens is 1. The molecule has 3 fully saturated rings. The lowest BCUT2D eigenvalue weighted by molar-refractivity contribution is -0.164. The lowest BCUT2D eigenvalue weighted by Crippen LogP contribution is -2.59. The molecular formula is C21H30ClN3O3. The van der Waals surface area contributed by atoms with Crippen LogP contribution in [-0.4, -0.2) is 67.9 Å². The first-order valence-corrected chi connectivity index (χ1v) is 10.9. The number of nitrogens with zero attached hydrogens (tertiary/aromatic N) is 3. The Morgan fingerprint density at radius 1 is 1.32 bits per heavy atom. The summed E-state index contributed by atoms with van der Waals surface area (Å²) in [4.78, 5) is 22.4. The van der Waals surface area contributed by atoms with Crippen molar-refractivity contribution in [2.75, 3.05) is 50.9 Å². The molecule has 1 aromatic rings. The van der Waals surface area contributed by atoms with Crippen molar-refractivity contribution in [3.63, 3.8) is 0 Å². The zero-order valence-electron chi connectivity index (χ0n) is 16.6. The third-order valence-corrected chi connectivity index (χ3v) is 6.99. The number of aromatic nitrogens is 1. The molecular weight excluding hydrogens is 378 g/mol. The van der Waals surface area contributed by atoms with E-state index in [2.05, 4.69) is 14.8 Å². The number of hydrogen-bond acceptors (Lipinski definition) is 6. The fraction of sp³-hybridized carbons (Fsp3) is 0.714. The Hall–Kier alpha value is -1.37. The van der Waals surface area contributed by atoms with Crippen molar-refractivity contribution in [1.29, 1.82) is 0 Å². The number of morpholine rings is 1. The van der Waals surface area contributed by atoms with Gasteiger partial charge in [-0.25, -0.2) is 4.98 Å². The summed E-state index contributed by atoms with van der Waals surface area (Å²) in [6.07, 6.45) is 5.65. The normalized spacial score (nSPS) is 31.3. The van der Waals surface area contributed by atoms with E-state index in [1.54, 1.807) is 6.20 Å². The van der Waals surface area contributed by atoms with Crippen LogP contribution in [-0.2, 0) is 14.3 Å². The maximum absolute atomic E-state index is 13.1. The molecule has 2 saturated heterocycles. The van der Waals surface area contributed by atoms with Gasteiger partial charge in [0.15, 0.2) is 0 Å². The highest BCUT2D eigenvalue weighted by molar-refractivity contribution is 6.30. The van der Waals surface area contributed by atoms with E-state index in [4.69, 9.17) is 21.1 Å². The number of anilines is 1. The van der Waals surface area contributed by atoms with Crippen LogP contribution in [0.3, 0.4) is 0 Å². The standard InChI is InChI=1S/C21H30ClN3O3/c1-2-28-20(26)21-7-5-18(24-9-11-27-12-10-24)13-16(21)6-8-25(15-21)19-4-3-17(22)14-23-19/h3-4,14,16,18H,2,5-13,15H2,1H3/t16-,18-,21-/m1/s1. The van der Waals surface area contributed by atoms with E-state index in [9.17, 15) is 4.79 Å². The smallest absolute Gasteiger partial charge is 0.314 e. The molecule has 4 rings (SSSR count). The second kappa shape index (κ2) is 8.56. The molecule has 0 aromatic carbocycles. The summed E-state index contributed by atoms with van der Waals surface area (Å²) in [5.41, 5.74) is -0.432. The van der Waals surface area contributed by atoms with E-state index in [0.29, 0.717) is 30.1 Å². The van der Waals surface area contributed by atoms with Crippen molar-refractivity contribution in [3.8, 4) is 0 Å². The van der Waals surface area contributed by atoms with Crippen LogP contribution >= 0.6 is 11.6 Å². The molecule has 3 aliphatic rings. The fourth-order valence-electron chi connectivity index (χ4n) is 5.27. The van der Waals surface area contributed by atoms with Gasteiger partial charge in [0, 0.05) is 38.4 Å². The van der Waals surface area contributed by atoms with Gasteiger partial charge in [-0.2, -0.15) is 0 Å². The van der Waals surface area contributed by atoms with Crippen LogP contribution < -0.4 is 4.90 Å².